The van der Waals surface area contributed by atoms with Gasteiger partial charge in [-0.05, 0) is 25.8 Å². The lowest BCUT2D eigenvalue weighted by molar-refractivity contribution is 0.122. The normalized spacial score (nSPS) is 17.9. The lowest BCUT2D eigenvalue weighted by Crippen LogP contribution is -2.37. The Morgan fingerprint density at radius 1 is 1.22 bits per heavy atom. The van der Waals surface area contributed by atoms with Gasteiger partial charge >= 0.3 is 0 Å². The molecule has 13 heteroatoms. The maximum Gasteiger partial charge on any atom is 0.238 e. The Bertz CT molecular complexity index is 1390. The molecule has 2 aliphatic rings. The number of hydrogen-bond donors (Lipinski definition) is 1. The van der Waals surface area contributed by atoms with Crippen molar-refractivity contribution in [3.8, 4) is 17.1 Å². The molecule has 10 nitrogen and oxygen atoms in total. The Balaban J connectivity index is 1.63. The van der Waals surface area contributed by atoms with Gasteiger partial charge < -0.3 is 14.4 Å². The van der Waals surface area contributed by atoms with Gasteiger partial charge in [0.05, 0.1) is 42.5 Å². The quantitative estimate of drug-likeness (QED) is 0.474. The predicted molar refractivity (Wildman–Crippen MR) is 143 cm³/mol. The third kappa shape index (κ3) is 5.79. The first-order valence-electron chi connectivity index (χ1n) is 12.2. The molecule has 0 aromatic carbocycles. The summed E-state index contributed by atoms with van der Waals surface area (Å²) < 4.78 is 51.9. The number of rotatable bonds is 7. The van der Waals surface area contributed by atoms with Crippen LogP contribution in [0.1, 0.15) is 23.3 Å². The minimum atomic E-state index is -3.55. The average molecular weight is 551 g/mol. The number of pyridine rings is 1. The lowest BCUT2D eigenvalue weighted by Gasteiger charge is -2.29. The van der Waals surface area contributed by atoms with Gasteiger partial charge in [-0.3, -0.25) is 9.62 Å². The molecule has 0 radical (unpaired) electrons. The summed E-state index contributed by atoms with van der Waals surface area (Å²) in [4.78, 5) is 19.8. The molecule has 0 spiro atoms. The fourth-order valence-electron chi connectivity index (χ4n) is 4.71. The number of morpholine rings is 1. The van der Waals surface area contributed by atoms with Crippen molar-refractivity contribution in [1.82, 2.24) is 19.9 Å². The molecular formula is C24H31FN6O4S2. The van der Waals surface area contributed by atoms with Crippen molar-refractivity contribution in [3.05, 3.63) is 22.7 Å². The molecule has 5 rings (SSSR count). The molecule has 0 amide bonds. The zero-order valence-electron chi connectivity index (χ0n) is 21.2. The summed E-state index contributed by atoms with van der Waals surface area (Å²) in [6.45, 7) is 6.74. The first kappa shape index (κ1) is 26.0. The molecule has 0 atom stereocenters. The third-order valence-electron chi connectivity index (χ3n) is 6.63. The summed E-state index contributed by atoms with van der Waals surface area (Å²) in [5.74, 6) is 0.771. The van der Waals surface area contributed by atoms with Gasteiger partial charge in [0, 0.05) is 54.9 Å². The number of halogens is 1. The van der Waals surface area contributed by atoms with E-state index < -0.39 is 16.2 Å². The van der Waals surface area contributed by atoms with Crippen LogP contribution in [0, 0.1) is 6.92 Å². The maximum absolute atomic E-state index is 13.7. The summed E-state index contributed by atoms with van der Waals surface area (Å²) in [6, 6.07) is 1.69. The van der Waals surface area contributed by atoms with Crippen LogP contribution in [0.4, 0.5) is 16.0 Å². The van der Waals surface area contributed by atoms with Gasteiger partial charge in [-0.25, -0.2) is 27.8 Å². The van der Waals surface area contributed by atoms with E-state index in [1.54, 1.807) is 23.6 Å². The number of methoxy groups -OCH3 is 1. The maximum atomic E-state index is 13.7. The summed E-state index contributed by atoms with van der Waals surface area (Å²) in [5, 5.41) is 0. The van der Waals surface area contributed by atoms with Gasteiger partial charge in [0.2, 0.25) is 21.9 Å². The predicted octanol–water partition coefficient (Wildman–Crippen LogP) is 3.21. The number of sulfonamides is 1. The van der Waals surface area contributed by atoms with Gasteiger partial charge in [0.15, 0.2) is 0 Å². The van der Waals surface area contributed by atoms with E-state index in [0.717, 1.165) is 40.0 Å². The van der Waals surface area contributed by atoms with Crippen LogP contribution >= 0.6 is 11.3 Å². The summed E-state index contributed by atoms with van der Waals surface area (Å²) in [5.41, 5.74) is 3.56. The average Bonchev–Trinajstić information content (AvgIpc) is 3.19. The summed E-state index contributed by atoms with van der Waals surface area (Å²) >= 11 is 1.61. The molecule has 0 unspecified atom stereocenters. The van der Waals surface area contributed by atoms with Crippen LogP contribution in [0.15, 0.2) is 12.3 Å². The Kier molecular flexibility index (Phi) is 7.48. The zero-order chi connectivity index (χ0) is 26.2. The first-order valence-corrected chi connectivity index (χ1v) is 14.9. The molecule has 2 aliphatic heterocycles. The smallest absolute Gasteiger partial charge is 0.238 e. The number of piperidine rings is 1. The molecule has 37 heavy (non-hydrogen) atoms. The minimum Gasteiger partial charge on any atom is -0.480 e. The van der Waals surface area contributed by atoms with E-state index in [1.807, 2.05) is 0 Å². The molecule has 3 aromatic rings. The zero-order valence-corrected chi connectivity index (χ0v) is 22.8. The molecular weight excluding hydrogens is 519 g/mol. The Morgan fingerprint density at radius 2 is 1.95 bits per heavy atom. The van der Waals surface area contributed by atoms with Crippen molar-refractivity contribution in [3.63, 3.8) is 0 Å². The van der Waals surface area contributed by atoms with Crippen molar-refractivity contribution in [2.24, 2.45) is 0 Å². The standard InChI is InChI=1S/C24H31FN6O4S2/c1-15-18(14-30-6-4-17(25)5-7-30)21-22(36-15)20(27-24(28-21)31-8-10-35-11-9-31)16-12-19(29-37(3,32)33)23(34-2)26-13-16/h12-13,17,29H,4-11,14H2,1-3H3. The van der Waals surface area contributed by atoms with Crippen LogP contribution < -0.4 is 14.4 Å². The van der Waals surface area contributed by atoms with Crippen LogP contribution in [0.3, 0.4) is 0 Å². The Labute approximate surface area is 219 Å². The number of aromatic nitrogens is 3. The molecule has 0 aliphatic carbocycles. The van der Waals surface area contributed by atoms with Crippen LogP contribution in [0.25, 0.3) is 21.5 Å². The second-order valence-corrected chi connectivity index (χ2v) is 12.4. The van der Waals surface area contributed by atoms with Crippen molar-refractivity contribution >= 4 is 43.2 Å². The van der Waals surface area contributed by atoms with Crippen molar-refractivity contribution in [1.29, 1.82) is 0 Å². The van der Waals surface area contributed by atoms with Crippen LogP contribution in [-0.4, -0.2) is 87.2 Å². The Hall–Kier alpha value is -2.61. The van der Waals surface area contributed by atoms with Gasteiger partial charge in [-0.15, -0.1) is 11.3 Å². The monoisotopic (exact) mass is 550 g/mol. The van der Waals surface area contributed by atoms with E-state index in [-0.39, 0.29) is 11.6 Å². The number of anilines is 2. The lowest BCUT2D eigenvalue weighted by atomic mass is 10.1. The fraction of sp³-hybridized carbons (Fsp3) is 0.542. The van der Waals surface area contributed by atoms with Crippen LogP contribution in [0.2, 0.25) is 0 Å². The highest BCUT2D eigenvalue weighted by atomic mass is 32.2. The number of nitrogens with one attached hydrogen (secondary N) is 1. The number of ether oxygens (including phenoxy) is 2. The number of thiophene rings is 1. The first-order chi connectivity index (χ1) is 17.7. The highest BCUT2D eigenvalue weighted by Gasteiger charge is 2.25. The van der Waals surface area contributed by atoms with Crippen molar-refractivity contribution in [2.45, 2.75) is 32.5 Å². The van der Waals surface area contributed by atoms with Crippen molar-refractivity contribution in [2.75, 3.05) is 62.4 Å². The van der Waals surface area contributed by atoms with Gasteiger partial charge in [-0.2, -0.15) is 0 Å². The molecule has 0 saturated carbocycles. The summed E-state index contributed by atoms with van der Waals surface area (Å²) in [7, 11) is -2.11. The summed E-state index contributed by atoms with van der Waals surface area (Å²) in [6.07, 6.45) is 3.09. The van der Waals surface area contributed by atoms with E-state index in [0.29, 0.717) is 62.9 Å². The minimum absolute atomic E-state index is 0.173. The second-order valence-electron chi connectivity index (χ2n) is 9.39. The third-order valence-corrected chi connectivity index (χ3v) is 8.36. The molecule has 200 valence electrons. The topological polar surface area (TPSA) is 110 Å². The second kappa shape index (κ2) is 10.6. The van der Waals surface area contributed by atoms with E-state index in [2.05, 4.69) is 26.4 Å². The number of aryl methyl sites for hydroxylation is 1. The van der Waals surface area contributed by atoms with Crippen LogP contribution in [0.5, 0.6) is 5.88 Å². The molecule has 0 bridgehead atoms. The SMILES string of the molecule is COc1ncc(-c2nc(N3CCOCC3)nc3c(CN4CCC(F)CC4)c(C)sc23)cc1NS(C)(=O)=O. The molecule has 5 heterocycles. The number of fused-ring (bicyclic) bond motifs is 1. The molecule has 1 N–H and O–H groups in total. The molecule has 3 aromatic heterocycles. The van der Waals surface area contributed by atoms with Gasteiger partial charge in [0.25, 0.3) is 0 Å². The van der Waals surface area contributed by atoms with E-state index >= 15 is 0 Å². The largest absolute Gasteiger partial charge is 0.480 e. The van der Waals surface area contributed by atoms with Crippen LogP contribution in [-0.2, 0) is 21.3 Å². The van der Waals surface area contributed by atoms with E-state index in [4.69, 9.17) is 19.4 Å². The van der Waals surface area contributed by atoms with E-state index in [1.165, 1.54) is 7.11 Å². The highest BCUT2D eigenvalue weighted by Crippen LogP contribution is 2.39. The Morgan fingerprint density at radius 3 is 2.62 bits per heavy atom. The van der Waals surface area contributed by atoms with Gasteiger partial charge in [-0.1, -0.05) is 0 Å². The highest BCUT2D eigenvalue weighted by molar-refractivity contribution is 7.92. The molecule has 2 fully saturated rings. The van der Waals surface area contributed by atoms with E-state index in [9.17, 15) is 12.8 Å². The van der Waals surface area contributed by atoms with Gasteiger partial charge in [0.1, 0.15) is 11.9 Å². The van der Waals surface area contributed by atoms with Crippen molar-refractivity contribution < 1.29 is 22.3 Å². The molecule has 2 saturated heterocycles. The number of likely N-dealkylation sites (tertiary alicyclic amines) is 1. The fourth-order valence-corrected chi connectivity index (χ4v) is 6.37. The number of alkyl halides is 1. The number of nitrogens with zero attached hydrogens (tertiary/aromatic N) is 5. The number of hydrogen-bond acceptors (Lipinski definition) is 10.